The van der Waals surface area contributed by atoms with Crippen LogP contribution in [0.4, 0.5) is 4.79 Å². The Morgan fingerprint density at radius 1 is 1.35 bits per heavy atom. The van der Waals surface area contributed by atoms with Crippen LogP contribution in [-0.2, 0) is 18.5 Å². The molecule has 0 spiro atoms. The Balaban J connectivity index is 2.17. The summed E-state index contributed by atoms with van der Waals surface area (Å²) in [5.74, 6) is 0. The molecular formula is C15H26N4O. The number of fused-ring (bicyclic) bond motifs is 1. The normalized spacial score (nSPS) is 15.2. The van der Waals surface area contributed by atoms with Gasteiger partial charge in [0.15, 0.2) is 0 Å². The molecule has 0 aromatic carbocycles. The molecule has 2 rings (SSSR count). The predicted octanol–water partition coefficient (Wildman–Crippen LogP) is 2.46. The Kier molecular flexibility index (Phi) is 4.06. The van der Waals surface area contributed by atoms with E-state index in [1.165, 1.54) is 11.3 Å². The molecule has 2 amide bonds. The zero-order valence-corrected chi connectivity index (χ0v) is 13.3. The van der Waals surface area contributed by atoms with Crippen LogP contribution in [0.3, 0.4) is 0 Å². The van der Waals surface area contributed by atoms with Gasteiger partial charge in [-0.1, -0.05) is 0 Å². The zero-order valence-electron chi connectivity index (χ0n) is 13.3. The molecule has 0 radical (unpaired) electrons. The number of carbonyl (C=O) groups excluding carboxylic acids is 1. The summed E-state index contributed by atoms with van der Waals surface area (Å²) in [4.78, 5) is 16.2. The number of amides is 2. The molecule has 1 aliphatic heterocycles. The summed E-state index contributed by atoms with van der Waals surface area (Å²) < 4.78 is 2.10. The SMILES string of the molecule is CCN(CC)C(=O)N1CCc2c(cnn2C(C)(C)C)C1. The lowest BCUT2D eigenvalue weighted by molar-refractivity contribution is 0.151. The molecule has 1 aromatic rings. The third-order valence-corrected chi connectivity index (χ3v) is 3.88. The molecular weight excluding hydrogens is 252 g/mol. The van der Waals surface area contributed by atoms with Crippen molar-refractivity contribution in [3.8, 4) is 0 Å². The van der Waals surface area contributed by atoms with Crippen molar-refractivity contribution < 1.29 is 4.79 Å². The van der Waals surface area contributed by atoms with Crippen LogP contribution in [0, 0.1) is 0 Å². The molecule has 2 heterocycles. The van der Waals surface area contributed by atoms with Gasteiger partial charge in [-0.25, -0.2) is 4.79 Å². The first-order valence-corrected chi connectivity index (χ1v) is 7.48. The fourth-order valence-corrected chi connectivity index (χ4v) is 2.77. The van der Waals surface area contributed by atoms with E-state index in [2.05, 4.69) is 30.6 Å². The summed E-state index contributed by atoms with van der Waals surface area (Å²) >= 11 is 0. The highest BCUT2D eigenvalue weighted by atomic mass is 16.2. The van der Waals surface area contributed by atoms with Crippen molar-refractivity contribution in [1.29, 1.82) is 0 Å². The van der Waals surface area contributed by atoms with Gasteiger partial charge in [0, 0.05) is 37.3 Å². The standard InChI is InChI=1S/C15H26N4O/c1-6-17(7-2)14(20)18-9-8-13-12(11-18)10-16-19(13)15(3,4)5/h10H,6-9,11H2,1-5H3. The quantitative estimate of drug-likeness (QED) is 0.834. The summed E-state index contributed by atoms with van der Waals surface area (Å²) in [7, 11) is 0. The van der Waals surface area contributed by atoms with Crippen LogP contribution < -0.4 is 0 Å². The number of urea groups is 1. The van der Waals surface area contributed by atoms with Gasteiger partial charge in [-0.05, 0) is 34.6 Å². The third-order valence-electron chi connectivity index (χ3n) is 3.88. The van der Waals surface area contributed by atoms with E-state index in [9.17, 15) is 4.79 Å². The Morgan fingerprint density at radius 2 is 2.00 bits per heavy atom. The number of rotatable bonds is 2. The summed E-state index contributed by atoms with van der Waals surface area (Å²) in [5, 5.41) is 4.51. The molecule has 1 aromatic heterocycles. The van der Waals surface area contributed by atoms with Crippen molar-refractivity contribution in [3.05, 3.63) is 17.5 Å². The predicted molar refractivity (Wildman–Crippen MR) is 79.7 cm³/mol. The van der Waals surface area contributed by atoms with Crippen molar-refractivity contribution >= 4 is 6.03 Å². The lowest BCUT2D eigenvalue weighted by Crippen LogP contribution is -2.45. The minimum atomic E-state index is -0.00135. The average molecular weight is 278 g/mol. The second kappa shape index (κ2) is 5.46. The summed E-state index contributed by atoms with van der Waals surface area (Å²) in [6, 6.07) is 0.143. The second-order valence-corrected chi connectivity index (χ2v) is 6.33. The van der Waals surface area contributed by atoms with Gasteiger partial charge in [0.2, 0.25) is 0 Å². The molecule has 112 valence electrons. The first-order valence-electron chi connectivity index (χ1n) is 7.48. The summed E-state index contributed by atoms with van der Waals surface area (Å²) in [5.41, 5.74) is 2.46. The van der Waals surface area contributed by atoms with Crippen LogP contribution in [0.2, 0.25) is 0 Å². The van der Waals surface area contributed by atoms with Gasteiger partial charge in [-0.2, -0.15) is 5.10 Å². The Morgan fingerprint density at radius 3 is 2.55 bits per heavy atom. The fraction of sp³-hybridized carbons (Fsp3) is 0.733. The highest BCUT2D eigenvalue weighted by molar-refractivity contribution is 5.74. The molecule has 0 atom stereocenters. The van der Waals surface area contributed by atoms with Crippen molar-refractivity contribution in [1.82, 2.24) is 19.6 Å². The summed E-state index contributed by atoms with van der Waals surface area (Å²) in [6.45, 7) is 13.5. The van der Waals surface area contributed by atoms with E-state index < -0.39 is 0 Å². The Hall–Kier alpha value is -1.52. The van der Waals surface area contributed by atoms with Gasteiger partial charge >= 0.3 is 6.03 Å². The number of carbonyl (C=O) groups is 1. The first-order chi connectivity index (χ1) is 9.38. The molecule has 5 heteroatoms. The largest absolute Gasteiger partial charge is 0.325 e. The molecule has 0 fully saturated rings. The second-order valence-electron chi connectivity index (χ2n) is 6.33. The molecule has 20 heavy (non-hydrogen) atoms. The maximum atomic E-state index is 12.4. The Bertz CT molecular complexity index is 483. The van der Waals surface area contributed by atoms with Crippen LogP contribution in [0.15, 0.2) is 6.20 Å². The number of nitrogens with zero attached hydrogens (tertiary/aromatic N) is 4. The van der Waals surface area contributed by atoms with Gasteiger partial charge in [0.05, 0.1) is 18.3 Å². The molecule has 0 saturated heterocycles. The molecule has 0 bridgehead atoms. The third kappa shape index (κ3) is 2.67. The molecule has 0 N–H and O–H groups in total. The number of aromatic nitrogens is 2. The van der Waals surface area contributed by atoms with Crippen molar-refractivity contribution in [2.45, 2.75) is 53.1 Å². The molecule has 0 saturated carbocycles. The molecule has 0 unspecified atom stereocenters. The van der Waals surface area contributed by atoms with Crippen LogP contribution in [0.5, 0.6) is 0 Å². The van der Waals surface area contributed by atoms with Crippen LogP contribution >= 0.6 is 0 Å². The van der Waals surface area contributed by atoms with E-state index in [0.717, 1.165) is 26.1 Å². The smallest absolute Gasteiger partial charge is 0.320 e. The van der Waals surface area contributed by atoms with E-state index >= 15 is 0 Å². The van der Waals surface area contributed by atoms with Crippen molar-refractivity contribution in [3.63, 3.8) is 0 Å². The molecule has 5 nitrogen and oxygen atoms in total. The van der Waals surface area contributed by atoms with Crippen molar-refractivity contribution in [2.75, 3.05) is 19.6 Å². The topological polar surface area (TPSA) is 41.4 Å². The maximum Gasteiger partial charge on any atom is 0.320 e. The van der Waals surface area contributed by atoms with Crippen molar-refractivity contribution in [2.24, 2.45) is 0 Å². The maximum absolute atomic E-state index is 12.4. The first kappa shape index (κ1) is 14.9. The average Bonchev–Trinajstić information content (AvgIpc) is 2.82. The van der Waals surface area contributed by atoms with E-state index in [1.807, 2.05) is 29.8 Å². The monoisotopic (exact) mass is 278 g/mol. The van der Waals surface area contributed by atoms with Gasteiger partial charge in [-0.15, -0.1) is 0 Å². The minimum Gasteiger partial charge on any atom is -0.325 e. The highest BCUT2D eigenvalue weighted by Gasteiger charge is 2.28. The van der Waals surface area contributed by atoms with Gasteiger partial charge < -0.3 is 9.80 Å². The zero-order chi connectivity index (χ0) is 14.9. The van der Waals surface area contributed by atoms with Crippen LogP contribution in [0.25, 0.3) is 0 Å². The van der Waals surface area contributed by atoms with E-state index in [0.29, 0.717) is 6.54 Å². The summed E-state index contributed by atoms with van der Waals surface area (Å²) in [6.07, 6.45) is 2.81. The van der Waals surface area contributed by atoms with E-state index in [1.54, 1.807) is 0 Å². The Labute approximate surface area is 121 Å². The minimum absolute atomic E-state index is 0.00135. The highest BCUT2D eigenvalue weighted by Crippen LogP contribution is 2.24. The fourth-order valence-electron chi connectivity index (χ4n) is 2.77. The molecule has 1 aliphatic rings. The lowest BCUT2D eigenvalue weighted by atomic mass is 10.0. The van der Waals surface area contributed by atoms with Crippen LogP contribution in [-0.4, -0.2) is 45.2 Å². The number of hydrogen-bond acceptors (Lipinski definition) is 2. The van der Waals surface area contributed by atoms with Gasteiger partial charge in [-0.3, -0.25) is 4.68 Å². The van der Waals surface area contributed by atoms with E-state index in [4.69, 9.17) is 0 Å². The van der Waals surface area contributed by atoms with Gasteiger partial charge in [0.1, 0.15) is 0 Å². The van der Waals surface area contributed by atoms with Gasteiger partial charge in [0.25, 0.3) is 0 Å². The van der Waals surface area contributed by atoms with E-state index in [-0.39, 0.29) is 11.6 Å². The number of hydrogen-bond donors (Lipinski definition) is 0. The van der Waals surface area contributed by atoms with Crippen LogP contribution in [0.1, 0.15) is 45.9 Å². The lowest BCUT2D eigenvalue weighted by Gasteiger charge is -2.33. The molecule has 0 aliphatic carbocycles.